The van der Waals surface area contributed by atoms with Crippen LogP contribution in [0.25, 0.3) is 0 Å². The number of hydrogen-bond acceptors (Lipinski definition) is 2. The third kappa shape index (κ3) is 3.16. The molecule has 0 saturated carbocycles. The van der Waals surface area contributed by atoms with Crippen LogP contribution in [-0.4, -0.2) is 17.0 Å². The van der Waals surface area contributed by atoms with Gasteiger partial charge >= 0.3 is 0 Å². The average Bonchev–Trinajstić information content (AvgIpc) is 1.98. The second-order valence-corrected chi connectivity index (χ2v) is 5.41. The molecule has 0 heterocycles. The predicted molar refractivity (Wildman–Crippen MR) is 61.6 cm³/mol. The van der Waals surface area contributed by atoms with E-state index in [1.54, 1.807) is 6.92 Å². The Morgan fingerprint density at radius 1 is 1.53 bits per heavy atom. The van der Waals surface area contributed by atoms with Gasteiger partial charge in [-0.25, -0.2) is 0 Å². The van der Waals surface area contributed by atoms with Crippen molar-refractivity contribution in [2.75, 3.05) is 0 Å². The molecule has 0 aromatic rings. The van der Waals surface area contributed by atoms with Gasteiger partial charge in [0, 0.05) is 6.42 Å². The van der Waals surface area contributed by atoms with Crippen molar-refractivity contribution in [2.45, 2.75) is 59.5 Å². The maximum atomic E-state index is 11.0. The molecule has 1 aliphatic rings. The van der Waals surface area contributed by atoms with E-state index in [9.17, 15) is 9.90 Å². The molecule has 1 atom stereocenters. The van der Waals surface area contributed by atoms with Gasteiger partial charge in [-0.2, -0.15) is 0 Å². The lowest BCUT2D eigenvalue weighted by molar-refractivity contribution is -0.117. The van der Waals surface area contributed by atoms with Crippen molar-refractivity contribution in [3.63, 3.8) is 0 Å². The standard InChI is InChI=1S/C13H22O2/c1-9-7-11(15)8-13(3,4)12(9)6-5-10(2)14/h11,15H,5-8H2,1-4H3/t11-/m1/s1. The minimum absolute atomic E-state index is 0.0528. The second-order valence-electron chi connectivity index (χ2n) is 5.41. The smallest absolute Gasteiger partial charge is 0.130 e. The van der Waals surface area contributed by atoms with Crippen molar-refractivity contribution in [2.24, 2.45) is 5.41 Å². The van der Waals surface area contributed by atoms with Gasteiger partial charge in [-0.1, -0.05) is 25.0 Å². The van der Waals surface area contributed by atoms with E-state index < -0.39 is 0 Å². The topological polar surface area (TPSA) is 37.3 Å². The summed E-state index contributed by atoms with van der Waals surface area (Å²) in [5, 5.41) is 9.71. The van der Waals surface area contributed by atoms with Gasteiger partial charge in [-0.3, -0.25) is 0 Å². The van der Waals surface area contributed by atoms with Crippen LogP contribution in [0.3, 0.4) is 0 Å². The Balaban J connectivity index is 2.81. The maximum absolute atomic E-state index is 11.0. The summed E-state index contributed by atoms with van der Waals surface area (Å²) in [6.07, 6.45) is 2.88. The fourth-order valence-corrected chi connectivity index (χ4v) is 2.69. The van der Waals surface area contributed by atoms with Crippen LogP contribution in [-0.2, 0) is 4.79 Å². The summed E-state index contributed by atoms with van der Waals surface area (Å²) in [4.78, 5) is 11.0. The zero-order chi connectivity index (χ0) is 11.6. The first-order valence-electron chi connectivity index (χ1n) is 5.69. The highest BCUT2D eigenvalue weighted by atomic mass is 16.3. The summed E-state index contributed by atoms with van der Waals surface area (Å²) < 4.78 is 0. The number of rotatable bonds is 3. The van der Waals surface area contributed by atoms with Crippen molar-refractivity contribution in [1.29, 1.82) is 0 Å². The summed E-state index contributed by atoms with van der Waals surface area (Å²) in [5.74, 6) is 0.247. The molecule has 0 aliphatic heterocycles. The SMILES string of the molecule is CC(=O)CCC1=C(C)C[C@@H](O)CC1(C)C. The molecule has 0 saturated heterocycles. The van der Waals surface area contributed by atoms with Crippen LogP contribution < -0.4 is 0 Å². The van der Waals surface area contributed by atoms with Gasteiger partial charge in [-0.05, 0) is 38.5 Å². The monoisotopic (exact) mass is 210 g/mol. The first-order chi connectivity index (χ1) is 6.83. The van der Waals surface area contributed by atoms with Gasteiger partial charge in [0.1, 0.15) is 5.78 Å². The van der Waals surface area contributed by atoms with Crippen LogP contribution in [0.15, 0.2) is 11.1 Å². The third-order valence-electron chi connectivity index (χ3n) is 3.35. The van der Waals surface area contributed by atoms with Crippen molar-refractivity contribution in [3.05, 3.63) is 11.1 Å². The maximum Gasteiger partial charge on any atom is 0.130 e. The molecular weight excluding hydrogens is 188 g/mol. The molecule has 0 bridgehead atoms. The number of carbonyl (C=O) groups is 1. The van der Waals surface area contributed by atoms with Gasteiger partial charge in [0.25, 0.3) is 0 Å². The molecule has 1 N–H and O–H groups in total. The van der Waals surface area contributed by atoms with Gasteiger partial charge < -0.3 is 9.90 Å². The molecule has 0 fully saturated rings. The fraction of sp³-hybridized carbons (Fsp3) is 0.769. The Bertz CT molecular complexity index is 287. The zero-order valence-corrected chi connectivity index (χ0v) is 10.3. The normalized spacial score (nSPS) is 25.5. The number of allylic oxidation sites excluding steroid dienone is 1. The Kier molecular flexibility index (Phi) is 3.72. The highest BCUT2D eigenvalue weighted by molar-refractivity contribution is 5.75. The van der Waals surface area contributed by atoms with Gasteiger partial charge in [0.2, 0.25) is 0 Å². The zero-order valence-electron chi connectivity index (χ0n) is 10.3. The van der Waals surface area contributed by atoms with Crippen LogP contribution in [0, 0.1) is 5.41 Å². The minimum atomic E-state index is -0.207. The Hall–Kier alpha value is -0.630. The molecule has 2 heteroatoms. The van der Waals surface area contributed by atoms with Crippen LogP contribution in [0.4, 0.5) is 0 Å². The highest BCUT2D eigenvalue weighted by Gasteiger charge is 2.32. The van der Waals surface area contributed by atoms with Crippen molar-refractivity contribution in [1.82, 2.24) is 0 Å². The predicted octanol–water partition coefficient (Wildman–Crippen LogP) is 2.85. The van der Waals surface area contributed by atoms with E-state index in [0.29, 0.717) is 6.42 Å². The molecule has 0 spiro atoms. The van der Waals surface area contributed by atoms with E-state index in [4.69, 9.17) is 0 Å². The van der Waals surface area contributed by atoms with Gasteiger partial charge in [-0.15, -0.1) is 0 Å². The molecule has 0 unspecified atom stereocenters. The molecule has 86 valence electrons. The van der Waals surface area contributed by atoms with Crippen LogP contribution in [0.1, 0.15) is 53.4 Å². The number of carbonyl (C=O) groups excluding carboxylic acids is 1. The minimum Gasteiger partial charge on any atom is -0.393 e. The molecule has 0 aromatic carbocycles. The lowest BCUT2D eigenvalue weighted by Gasteiger charge is -2.37. The van der Waals surface area contributed by atoms with Crippen molar-refractivity contribution in [3.8, 4) is 0 Å². The first-order valence-corrected chi connectivity index (χ1v) is 5.69. The van der Waals surface area contributed by atoms with Crippen molar-refractivity contribution < 1.29 is 9.90 Å². The lowest BCUT2D eigenvalue weighted by atomic mass is 9.70. The summed E-state index contributed by atoms with van der Waals surface area (Å²) >= 11 is 0. The Labute approximate surface area is 92.4 Å². The molecule has 1 aliphatic carbocycles. The average molecular weight is 210 g/mol. The van der Waals surface area contributed by atoms with E-state index in [1.165, 1.54) is 11.1 Å². The molecule has 2 nitrogen and oxygen atoms in total. The summed E-state index contributed by atoms with van der Waals surface area (Å²) in [6, 6.07) is 0. The number of hydrogen-bond donors (Lipinski definition) is 1. The van der Waals surface area contributed by atoms with Crippen LogP contribution in [0.5, 0.6) is 0 Å². The summed E-state index contributed by atoms with van der Waals surface area (Å²) in [5.41, 5.74) is 2.71. The van der Waals surface area contributed by atoms with Crippen molar-refractivity contribution >= 4 is 5.78 Å². The summed E-state index contributed by atoms with van der Waals surface area (Å²) in [6.45, 7) is 8.04. The largest absolute Gasteiger partial charge is 0.393 e. The van der Waals surface area contributed by atoms with E-state index >= 15 is 0 Å². The van der Waals surface area contributed by atoms with E-state index in [-0.39, 0.29) is 17.3 Å². The molecule has 0 amide bonds. The van der Waals surface area contributed by atoms with E-state index in [0.717, 1.165) is 19.3 Å². The molecule has 0 aromatic heterocycles. The van der Waals surface area contributed by atoms with Gasteiger partial charge in [0.05, 0.1) is 6.10 Å². The molecule has 15 heavy (non-hydrogen) atoms. The number of Topliss-reactive ketones (excluding diaryl/α,β-unsaturated/α-hetero) is 1. The van der Waals surface area contributed by atoms with Crippen LogP contribution in [0.2, 0.25) is 0 Å². The summed E-state index contributed by atoms with van der Waals surface area (Å²) in [7, 11) is 0. The first kappa shape index (κ1) is 12.4. The van der Waals surface area contributed by atoms with E-state index in [1.807, 2.05) is 0 Å². The third-order valence-corrected chi connectivity index (χ3v) is 3.35. The second kappa shape index (κ2) is 4.48. The number of aliphatic hydroxyl groups is 1. The Morgan fingerprint density at radius 3 is 2.60 bits per heavy atom. The van der Waals surface area contributed by atoms with Gasteiger partial charge in [0.15, 0.2) is 0 Å². The number of ketones is 1. The highest BCUT2D eigenvalue weighted by Crippen LogP contribution is 2.42. The molecule has 0 radical (unpaired) electrons. The molecule has 1 rings (SSSR count). The Morgan fingerprint density at radius 2 is 2.13 bits per heavy atom. The fourth-order valence-electron chi connectivity index (χ4n) is 2.69. The quantitative estimate of drug-likeness (QED) is 0.727. The van der Waals surface area contributed by atoms with Crippen LogP contribution >= 0.6 is 0 Å². The van der Waals surface area contributed by atoms with E-state index in [2.05, 4.69) is 20.8 Å². The molecular formula is C13H22O2. The number of aliphatic hydroxyl groups excluding tert-OH is 1. The lowest BCUT2D eigenvalue weighted by Crippen LogP contribution is -2.29.